The van der Waals surface area contributed by atoms with E-state index in [1.165, 1.54) is 11.7 Å². The van der Waals surface area contributed by atoms with Crippen molar-refractivity contribution in [2.24, 2.45) is 14.1 Å². The van der Waals surface area contributed by atoms with Crippen LogP contribution in [0.1, 0.15) is 18.5 Å². The van der Waals surface area contributed by atoms with E-state index >= 15 is 0 Å². The molecule has 2 heterocycles. The molecule has 1 aromatic carbocycles. The van der Waals surface area contributed by atoms with Crippen LogP contribution in [0.15, 0.2) is 41.5 Å². The number of anilines is 1. The average Bonchev–Trinajstić information content (AvgIpc) is 2.90. The number of benzene rings is 1. The number of ether oxygens (including phenoxy) is 1. The Kier molecular flexibility index (Phi) is 4.89. The van der Waals surface area contributed by atoms with E-state index in [2.05, 4.69) is 10.3 Å². The summed E-state index contributed by atoms with van der Waals surface area (Å²) < 4.78 is 8.49. The van der Waals surface area contributed by atoms with Crippen molar-refractivity contribution in [1.29, 1.82) is 0 Å². The number of rotatable bonds is 4. The predicted molar refractivity (Wildman–Crippen MR) is 104 cm³/mol. The van der Waals surface area contributed by atoms with Gasteiger partial charge >= 0.3 is 11.7 Å². The number of imidazole rings is 1. The molecule has 0 radical (unpaired) electrons. The molecular formula is C19H23N5O3. The third kappa shape index (κ3) is 3.25. The third-order valence-corrected chi connectivity index (χ3v) is 4.90. The van der Waals surface area contributed by atoms with Crippen molar-refractivity contribution in [3.63, 3.8) is 0 Å². The maximum absolute atomic E-state index is 12.8. The van der Waals surface area contributed by atoms with Crippen molar-refractivity contribution in [2.45, 2.75) is 13.0 Å². The lowest BCUT2D eigenvalue weighted by molar-refractivity contribution is 0.208. The summed E-state index contributed by atoms with van der Waals surface area (Å²) in [6.45, 7) is 1.93. The Morgan fingerprint density at radius 3 is 2.52 bits per heavy atom. The van der Waals surface area contributed by atoms with Crippen molar-refractivity contribution < 1.29 is 9.53 Å². The van der Waals surface area contributed by atoms with Crippen LogP contribution in [0, 0.1) is 0 Å². The van der Waals surface area contributed by atoms with Gasteiger partial charge in [-0.2, -0.15) is 0 Å². The molecular weight excluding hydrogens is 346 g/mol. The number of amides is 2. The largest absolute Gasteiger partial charge is 0.494 e. The maximum Gasteiger partial charge on any atom is 0.328 e. The Morgan fingerprint density at radius 2 is 1.93 bits per heavy atom. The second-order valence-corrected chi connectivity index (χ2v) is 6.45. The van der Waals surface area contributed by atoms with E-state index in [1.807, 2.05) is 19.1 Å². The molecule has 27 heavy (non-hydrogen) atoms. The number of pyridine rings is 1. The molecule has 0 aliphatic carbocycles. The summed E-state index contributed by atoms with van der Waals surface area (Å²) in [4.78, 5) is 30.6. The highest BCUT2D eigenvalue weighted by Crippen LogP contribution is 2.30. The monoisotopic (exact) mass is 369 g/mol. The molecule has 1 atom stereocenters. The van der Waals surface area contributed by atoms with Gasteiger partial charge in [-0.15, -0.1) is 0 Å². The minimum absolute atomic E-state index is 0.141. The molecule has 0 aliphatic rings. The van der Waals surface area contributed by atoms with Gasteiger partial charge in [-0.25, -0.2) is 9.59 Å². The van der Waals surface area contributed by atoms with Gasteiger partial charge in [0.15, 0.2) is 0 Å². The van der Waals surface area contributed by atoms with Crippen LogP contribution in [-0.2, 0) is 14.1 Å². The van der Waals surface area contributed by atoms with Gasteiger partial charge < -0.3 is 15.0 Å². The molecule has 2 aromatic heterocycles. The van der Waals surface area contributed by atoms with Crippen LogP contribution in [-0.4, -0.2) is 39.2 Å². The summed E-state index contributed by atoms with van der Waals surface area (Å²) in [5.41, 5.74) is 2.73. The molecule has 142 valence electrons. The fourth-order valence-electron chi connectivity index (χ4n) is 3.02. The number of hydrogen-bond acceptors (Lipinski definition) is 4. The van der Waals surface area contributed by atoms with Gasteiger partial charge in [0.1, 0.15) is 5.75 Å². The van der Waals surface area contributed by atoms with Crippen LogP contribution >= 0.6 is 0 Å². The van der Waals surface area contributed by atoms with E-state index < -0.39 is 0 Å². The Labute approximate surface area is 157 Å². The van der Waals surface area contributed by atoms with E-state index in [4.69, 9.17) is 4.74 Å². The first kappa shape index (κ1) is 18.5. The molecule has 0 bridgehead atoms. The van der Waals surface area contributed by atoms with E-state index in [0.717, 1.165) is 11.1 Å². The van der Waals surface area contributed by atoms with E-state index in [9.17, 15) is 9.59 Å². The fourth-order valence-corrected chi connectivity index (χ4v) is 3.02. The van der Waals surface area contributed by atoms with Gasteiger partial charge in [0, 0.05) is 39.6 Å². The molecule has 2 amide bonds. The number of methoxy groups -OCH3 is 1. The first-order chi connectivity index (χ1) is 12.8. The smallest absolute Gasteiger partial charge is 0.328 e. The van der Waals surface area contributed by atoms with E-state index in [1.54, 1.807) is 55.1 Å². The Morgan fingerprint density at radius 1 is 1.26 bits per heavy atom. The molecule has 8 nitrogen and oxygen atoms in total. The second-order valence-electron chi connectivity index (χ2n) is 6.45. The number of nitrogens with one attached hydrogen (secondary N) is 1. The molecule has 3 aromatic rings. The highest BCUT2D eigenvalue weighted by Gasteiger charge is 2.20. The fraction of sp³-hybridized carbons (Fsp3) is 0.316. The summed E-state index contributed by atoms with van der Waals surface area (Å²) in [6.07, 6.45) is 3.43. The number of urea groups is 1. The minimum Gasteiger partial charge on any atom is -0.494 e. The minimum atomic E-state index is -0.287. The number of fused-ring (bicyclic) bond motifs is 1. The summed E-state index contributed by atoms with van der Waals surface area (Å²) >= 11 is 0. The van der Waals surface area contributed by atoms with Crippen LogP contribution in [0.4, 0.5) is 10.5 Å². The van der Waals surface area contributed by atoms with Crippen molar-refractivity contribution in [1.82, 2.24) is 19.0 Å². The topological polar surface area (TPSA) is 81.4 Å². The first-order valence-electron chi connectivity index (χ1n) is 8.52. The Balaban J connectivity index is 1.92. The van der Waals surface area contributed by atoms with Gasteiger partial charge in [-0.05, 0) is 24.6 Å². The lowest BCUT2D eigenvalue weighted by Gasteiger charge is -2.25. The van der Waals surface area contributed by atoms with Crippen LogP contribution in [0.3, 0.4) is 0 Å². The second kappa shape index (κ2) is 7.14. The SMILES string of the molecule is COc1cc2c(cc1NC(=O)N(C)[C@@H](C)c1cccnc1)n(C)c(=O)n2C. The molecule has 0 spiro atoms. The van der Waals surface area contributed by atoms with Gasteiger partial charge in [-0.3, -0.25) is 14.1 Å². The van der Waals surface area contributed by atoms with E-state index in [0.29, 0.717) is 17.0 Å². The number of aromatic nitrogens is 3. The number of carbonyl (C=O) groups is 1. The molecule has 3 rings (SSSR count). The number of carbonyl (C=O) groups excluding carboxylic acids is 1. The highest BCUT2D eigenvalue weighted by atomic mass is 16.5. The van der Waals surface area contributed by atoms with Crippen LogP contribution < -0.4 is 15.7 Å². The zero-order chi connectivity index (χ0) is 19.7. The van der Waals surface area contributed by atoms with Crippen molar-refractivity contribution >= 4 is 22.8 Å². The molecule has 0 saturated carbocycles. The Bertz CT molecular complexity index is 1040. The first-order valence-corrected chi connectivity index (χ1v) is 8.52. The lowest BCUT2D eigenvalue weighted by atomic mass is 10.1. The molecule has 0 fully saturated rings. The number of aryl methyl sites for hydroxylation is 2. The number of hydrogen-bond donors (Lipinski definition) is 1. The Hall–Kier alpha value is -3.29. The molecule has 0 unspecified atom stereocenters. The van der Waals surface area contributed by atoms with Crippen molar-refractivity contribution in [3.05, 3.63) is 52.7 Å². The zero-order valence-corrected chi connectivity index (χ0v) is 16.1. The standard InChI is InChI=1S/C19H23N5O3/c1-12(13-7-6-8-20-11-13)22(2)18(25)21-14-9-15-16(10-17(14)27-5)24(4)19(26)23(15)3/h6-12H,1-5H3,(H,21,25)/t12-/m0/s1. The summed E-state index contributed by atoms with van der Waals surface area (Å²) in [6, 6.07) is 6.81. The lowest BCUT2D eigenvalue weighted by Crippen LogP contribution is -2.33. The van der Waals surface area contributed by atoms with Crippen LogP contribution in [0.2, 0.25) is 0 Å². The van der Waals surface area contributed by atoms with Crippen LogP contribution in [0.5, 0.6) is 5.75 Å². The summed E-state index contributed by atoms with van der Waals surface area (Å²) in [7, 11) is 6.64. The predicted octanol–water partition coefficient (Wildman–Crippen LogP) is 2.51. The maximum atomic E-state index is 12.8. The van der Waals surface area contributed by atoms with Gasteiger partial charge in [0.25, 0.3) is 0 Å². The van der Waals surface area contributed by atoms with Gasteiger partial charge in [0.2, 0.25) is 0 Å². The normalized spacial score (nSPS) is 12.0. The van der Waals surface area contributed by atoms with Gasteiger partial charge in [-0.1, -0.05) is 6.07 Å². The third-order valence-electron chi connectivity index (χ3n) is 4.90. The molecule has 1 N–H and O–H groups in total. The quantitative estimate of drug-likeness (QED) is 0.766. The summed E-state index contributed by atoms with van der Waals surface area (Å²) in [5, 5.41) is 2.88. The molecule has 8 heteroatoms. The van der Waals surface area contributed by atoms with E-state index in [-0.39, 0.29) is 17.8 Å². The average molecular weight is 369 g/mol. The van der Waals surface area contributed by atoms with Crippen molar-refractivity contribution in [2.75, 3.05) is 19.5 Å². The van der Waals surface area contributed by atoms with Crippen molar-refractivity contribution in [3.8, 4) is 5.75 Å². The van der Waals surface area contributed by atoms with Crippen LogP contribution in [0.25, 0.3) is 11.0 Å². The summed E-state index contributed by atoms with van der Waals surface area (Å²) in [5.74, 6) is 0.486. The zero-order valence-electron chi connectivity index (χ0n) is 16.1. The molecule has 0 aliphatic heterocycles. The van der Waals surface area contributed by atoms with Gasteiger partial charge in [0.05, 0.1) is 29.9 Å². The highest BCUT2D eigenvalue weighted by molar-refractivity contribution is 5.94. The molecule has 0 saturated heterocycles. The number of nitrogens with zero attached hydrogens (tertiary/aromatic N) is 4.